The van der Waals surface area contributed by atoms with E-state index >= 15 is 0 Å². The predicted octanol–water partition coefficient (Wildman–Crippen LogP) is 0.679. The molecule has 1 aromatic rings. The standard InChI is InChI=1S/C15H20N2O4/c1-11-12(3-2-4-13(11)18)15(20)16-6-5-14(19)17-7-9-21-10-8-17/h2-4,18H,5-10H2,1H3,(H,16,20). The molecule has 2 amide bonds. The summed E-state index contributed by atoms with van der Waals surface area (Å²) < 4.78 is 5.19. The maximum absolute atomic E-state index is 12.0. The van der Waals surface area contributed by atoms with Gasteiger partial charge < -0.3 is 20.1 Å². The Labute approximate surface area is 123 Å². The van der Waals surface area contributed by atoms with Crippen LogP contribution in [-0.2, 0) is 9.53 Å². The number of phenols is 1. The van der Waals surface area contributed by atoms with Crippen molar-refractivity contribution in [3.05, 3.63) is 29.3 Å². The van der Waals surface area contributed by atoms with Crippen LogP contribution in [0.1, 0.15) is 22.3 Å². The topological polar surface area (TPSA) is 78.9 Å². The summed E-state index contributed by atoms with van der Waals surface area (Å²) in [7, 11) is 0. The van der Waals surface area contributed by atoms with E-state index in [1.54, 1.807) is 24.0 Å². The first kappa shape index (κ1) is 15.3. The van der Waals surface area contributed by atoms with Gasteiger partial charge in [-0.2, -0.15) is 0 Å². The lowest BCUT2D eigenvalue weighted by Gasteiger charge is -2.26. The minimum absolute atomic E-state index is 0.0197. The molecule has 0 saturated carbocycles. The molecule has 0 aromatic heterocycles. The number of benzene rings is 1. The first-order valence-electron chi connectivity index (χ1n) is 7.02. The molecule has 0 spiro atoms. The zero-order valence-corrected chi connectivity index (χ0v) is 12.1. The van der Waals surface area contributed by atoms with Crippen molar-refractivity contribution in [3.8, 4) is 5.75 Å². The van der Waals surface area contributed by atoms with Gasteiger partial charge in [0.25, 0.3) is 5.91 Å². The Kier molecular flexibility index (Phi) is 5.16. The van der Waals surface area contributed by atoms with Crippen LogP contribution in [0, 0.1) is 6.92 Å². The third kappa shape index (κ3) is 3.95. The number of nitrogens with one attached hydrogen (secondary N) is 1. The van der Waals surface area contributed by atoms with Crippen LogP contribution < -0.4 is 5.32 Å². The van der Waals surface area contributed by atoms with E-state index in [2.05, 4.69) is 5.32 Å². The van der Waals surface area contributed by atoms with Crippen molar-refractivity contribution in [2.45, 2.75) is 13.3 Å². The molecule has 0 radical (unpaired) electrons. The van der Waals surface area contributed by atoms with Crippen molar-refractivity contribution in [1.29, 1.82) is 0 Å². The number of ether oxygens (including phenoxy) is 1. The maximum Gasteiger partial charge on any atom is 0.251 e. The number of phenolic OH excluding ortho intramolecular Hbond substituents is 1. The molecule has 0 atom stereocenters. The molecule has 6 nitrogen and oxygen atoms in total. The third-order valence-electron chi connectivity index (χ3n) is 3.54. The SMILES string of the molecule is Cc1c(O)cccc1C(=O)NCCC(=O)N1CCOCC1. The molecule has 1 aliphatic heterocycles. The zero-order chi connectivity index (χ0) is 15.2. The van der Waals surface area contributed by atoms with E-state index in [0.717, 1.165) is 0 Å². The van der Waals surface area contributed by atoms with Crippen molar-refractivity contribution in [2.24, 2.45) is 0 Å². The fourth-order valence-corrected chi connectivity index (χ4v) is 2.22. The number of morpholine rings is 1. The summed E-state index contributed by atoms with van der Waals surface area (Å²) in [6.45, 7) is 4.32. The molecule has 1 fully saturated rings. The molecule has 21 heavy (non-hydrogen) atoms. The van der Waals surface area contributed by atoms with Crippen LogP contribution in [-0.4, -0.2) is 54.7 Å². The van der Waals surface area contributed by atoms with Gasteiger partial charge in [-0.15, -0.1) is 0 Å². The largest absolute Gasteiger partial charge is 0.508 e. The molecule has 1 aromatic carbocycles. The summed E-state index contributed by atoms with van der Waals surface area (Å²) in [4.78, 5) is 25.7. The maximum atomic E-state index is 12.0. The second kappa shape index (κ2) is 7.08. The number of rotatable bonds is 4. The van der Waals surface area contributed by atoms with Crippen LogP contribution in [0.15, 0.2) is 18.2 Å². The fraction of sp³-hybridized carbons (Fsp3) is 0.467. The van der Waals surface area contributed by atoms with Gasteiger partial charge in [-0.25, -0.2) is 0 Å². The average Bonchev–Trinajstić information content (AvgIpc) is 2.50. The lowest BCUT2D eigenvalue weighted by molar-refractivity contribution is -0.135. The Balaban J connectivity index is 1.81. The molecule has 0 bridgehead atoms. The van der Waals surface area contributed by atoms with Gasteiger partial charge in [0.05, 0.1) is 13.2 Å². The molecule has 6 heteroatoms. The van der Waals surface area contributed by atoms with Crippen LogP contribution in [0.3, 0.4) is 0 Å². The minimum Gasteiger partial charge on any atom is -0.508 e. The van der Waals surface area contributed by atoms with Crippen LogP contribution in [0.4, 0.5) is 0 Å². The van der Waals surface area contributed by atoms with E-state index in [1.165, 1.54) is 6.07 Å². The van der Waals surface area contributed by atoms with E-state index in [9.17, 15) is 14.7 Å². The van der Waals surface area contributed by atoms with Gasteiger partial charge in [-0.3, -0.25) is 9.59 Å². The minimum atomic E-state index is -0.279. The number of hydrogen-bond acceptors (Lipinski definition) is 4. The smallest absolute Gasteiger partial charge is 0.251 e. The summed E-state index contributed by atoms with van der Waals surface area (Å²) in [5.74, 6) is -0.170. The van der Waals surface area contributed by atoms with Gasteiger partial charge >= 0.3 is 0 Å². The van der Waals surface area contributed by atoms with Crippen molar-refractivity contribution >= 4 is 11.8 Å². The Bertz CT molecular complexity index is 524. The summed E-state index contributed by atoms with van der Waals surface area (Å²) >= 11 is 0. The van der Waals surface area contributed by atoms with Crippen LogP contribution >= 0.6 is 0 Å². The van der Waals surface area contributed by atoms with Crippen molar-refractivity contribution in [2.75, 3.05) is 32.8 Å². The number of carbonyl (C=O) groups is 2. The predicted molar refractivity (Wildman–Crippen MR) is 77.2 cm³/mol. The lowest BCUT2D eigenvalue weighted by Crippen LogP contribution is -2.42. The number of nitrogens with zero attached hydrogens (tertiary/aromatic N) is 1. The van der Waals surface area contributed by atoms with Crippen molar-refractivity contribution in [1.82, 2.24) is 10.2 Å². The van der Waals surface area contributed by atoms with Crippen molar-refractivity contribution < 1.29 is 19.4 Å². The number of carbonyl (C=O) groups excluding carboxylic acids is 2. The summed E-state index contributed by atoms with van der Waals surface area (Å²) in [5.41, 5.74) is 0.961. The molecule has 1 heterocycles. The van der Waals surface area contributed by atoms with Crippen molar-refractivity contribution in [3.63, 3.8) is 0 Å². The van der Waals surface area contributed by atoms with E-state index in [1.807, 2.05) is 0 Å². The highest BCUT2D eigenvalue weighted by Crippen LogP contribution is 2.19. The molecule has 114 valence electrons. The van der Waals surface area contributed by atoms with Gasteiger partial charge in [0.15, 0.2) is 0 Å². The van der Waals surface area contributed by atoms with Gasteiger partial charge in [0.1, 0.15) is 5.75 Å². The number of hydrogen-bond donors (Lipinski definition) is 2. The van der Waals surface area contributed by atoms with E-state index < -0.39 is 0 Å². The molecule has 1 aliphatic rings. The summed E-state index contributed by atoms with van der Waals surface area (Å²) in [5, 5.41) is 12.3. The summed E-state index contributed by atoms with van der Waals surface area (Å²) in [6.07, 6.45) is 0.267. The quantitative estimate of drug-likeness (QED) is 0.855. The number of aromatic hydroxyl groups is 1. The highest BCUT2D eigenvalue weighted by Gasteiger charge is 2.17. The monoisotopic (exact) mass is 292 g/mol. The van der Waals surface area contributed by atoms with Gasteiger partial charge in [-0.1, -0.05) is 6.07 Å². The Hall–Kier alpha value is -2.08. The summed E-state index contributed by atoms with van der Waals surface area (Å²) in [6, 6.07) is 4.80. The van der Waals surface area contributed by atoms with Crippen LogP contribution in [0.5, 0.6) is 5.75 Å². The molecule has 1 saturated heterocycles. The highest BCUT2D eigenvalue weighted by molar-refractivity contribution is 5.96. The van der Waals surface area contributed by atoms with E-state index in [0.29, 0.717) is 37.4 Å². The van der Waals surface area contributed by atoms with Gasteiger partial charge in [0, 0.05) is 37.2 Å². The third-order valence-corrected chi connectivity index (χ3v) is 3.54. The van der Waals surface area contributed by atoms with Crippen LogP contribution in [0.25, 0.3) is 0 Å². The lowest BCUT2D eigenvalue weighted by atomic mass is 10.1. The first-order valence-corrected chi connectivity index (χ1v) is 7.02. The molecule has 2 N–H and O–H groups in total. The second-order valence-electron chi connectivity index (χ2n) is 4.95. The number of amides is 2. The Morgan fingerprint density at radius 3 is 2.76 bits per heavy atom. The normalized spacial score (nSPS) is 14.8. The van der Waals surface area contributed by atoms with E-state index in [4.69, 9.17) is 4.74 Å². The Morgan fingerprint density at radius 1 is 1.33 bits per heavy atom. The molecular formula is C15H20N2O4. The van der Waals surface area contributed by atoms with E-state index in [-0.39, 0.29) is 30.5 Å². The molecule has 2 rings (SSSR count). The highest BCUT2D eigenvalue weighted by atomic mass is 16.5. The molecule has 0 aliphatic carbocycles. The van der Waals surface area contributed by atoms with Gasteiger partial charge in [0.2, 0.25) is 5.91 Å². The Morgan fingerprint density at radius 2 is 2.05 bits per heavy atom. The average molecular weight is 292 g/mol. The molecule has 0 unspecified atom stereocenters. The molecular weight excluding hydrogens is 272 g/mol. The fourth-order valence-electron chi connectivity index (χ4n) is 2.22. The van der Waals surface area contributed by atoms with Gasteiger partial charge in [-0.05, 0) is 19.1 Å². The zero-order valence-electron chi connectivity index (χ0n) is 12.1. The second-order valence-corrected chi connectivity index (χ2v) is 4.95. The first-order chi connectivity index (χ1) is 10.1. The van der Waals surface area contributed by atoms with Crippen LogP contribution in [0.2, 0.25) is 0 Å².